The van der Waals surface area contributed by atoms with E-state index in [-0.39, 0.29) is 0 Å². The molecule has 1 aliphatic rings. The second kappa shape index (κ2) is 3.40. The van der Waals surface area contributed by atoms with Gasteiger partial charge in [0.1, 0.15) is 10.4 Å². The van der Waals surface area contributed by atoms with Gasteiger partial charge < -0.3 is 10.0 Å². The fourth-order valence-electron chi connectivity index (χ4n) is 0.891. The zero-order valence-corrected chi connectivity index (χ0v) is 7.74. The van der Waals surface area contributed by atoms with E-state index in [1.54, 1.807) is 23.6 Å². The Hall–Kier alpha value is -0.290. The van der Waals surface area contributed by atoms with Gasteiger partial charge in [0.05, 0.1) is 0 Å². The van der Waals surface area contributed by atoms with E-state index in [0.29, 0.717) is 4.32 Å². The molecule has 0 aliphatic carbocycles. The highest BCUT2D eigenvalue weighted by molar-refractivity contribution is 8.23. The Kier molecular flexibility index (Phi) is 2.72. The van der Waals surface area contributed by atoms with Crippen LogP contribution in [0.3, 0.4) is 0 Å². The molecule has 0 saturated carbocycles. The van der Waals surface area contributed by atoms with E-state index in [9.17, 15) is 4.79 Å². The Labute approximate surface area is 74.8 Å². The summed E-state index contributed by atoms with van der Waals surface area (Å²) in [5.41, 5.74) is 0. The molecule has 1 atom stereocenters. The molecule has 1 N–H and O–H groups in total. The van der Waals surface area contributed by atoms with Crippen molar-refractivity contribution >= 4 is 34.3 Å². The summed E-state index contributed by atoms with van der Waals surface area (Å²) in [6.07, 6.45) is 0. The van der Waals surface area contributed by atoms with Crippen LogP contribution in [0, 0.1) is 0 Å². The van der Waals surface area contributed by atoms with Crippen molar-refractivity contribution in [3.63, 3.8) is 0 Å². The monoisotopic (exact) mass is 191 g/mol. The molecule has 1 heterocycles. The molecule has 1 fully saturated rings. The lowest BCUT2D eigenvalue weighted by Crippen LogP contribution is -2.38. The molecule has 0 aromatic carbocycles. The SMILES string of the molecule is CC(C(=O)O)N1CCSC1=S. The minimum Gasteiger partial charge on any atom is -0.480 e. The van der Waals surface area contributed by atoms with Crippen molar-refractivity contribution < 1.29 is 9.90 Å². The third-order valence-corrected chi connectivity index (χ3v) is 3.07. The van der Waals surface area contributed by atoms with Crippen LogP contribution in [-0.4, -0.2) is 38.6 Å². The molecule has 1 unspecified atom stereocenters. The molecule has 0 amide bonds. The highest BCUT2D eigenvalue weighted by atomic mass is 32.2. The lowest BCUT2D eigenvalue weighted by molar-refractivity contribution is -0.140. The first-order valence-corrected chi connectivity index (χ1v) is 4.68. The Morgan fingerprint density at radius 2 is 2.55 bits per heavy atom. The predicted octanol–water partition coefficient (Wildman–Crippen LogP) is 0.793. The number of hydrogen-bond donors (Lipinski definition) is 1. The molecule has 0 aromatic rings. The summed E-state index contributed by atoms with van der Waals surface area (Å²) >= 11 is 6.51. The predicted molar refractivity (Wildman–Crippen MR) is 48.9 cm³/mol. The van der Waals surface area contributed by atoms with Crippen LogP contribution in [0.4, 0.5) is 0 Å². The molecule has 62 valence electrons. The zero-order valence-electron chi connectivity index (χ0n) is 6.11. The quantitative estimate of drug-likeness (QED) is 0.654. The third kappa shape index (κ3) is 1.84. The summed E-state index contributed by atoms with van der Waals surface area (Å²) in [5, 5.41) is 8.65. The number of carboxylic acids is 1. The Bertz CT molecular complexity index is 195. The zero-order chi connectivity index (χ0) is 8.43. The third-order valence-electron chi connectivity index (χ3n) is 1.62. The second-order valence-corrected chi connectivity index (χ2v) is 4.05. The highest BCUT2D eigenvalue weighted by Crippen LogP contribution is 2.20. The summed E-state index contributed by atoms with van der Waals surface area (Å²) in [7, 11) is 0. The van der Waals surface area contributed by atoms with Gasteiger partial charge in [-0.25, -0.2) is 4.79 Å². The standard InChI is InChI=1S/C6H9NO2S2/c1-4(5(8)9)7-2-3-11-6(7)10/h4H,2-3H2,1H3,(H,8,9). The maximum atomic E-state index is 10.5. The van der Waals surface area contributed by atoms with Crippen molar-refractivity contribution in [3.8, 4) is 0 Å². The first-order valence-electron chi connectivity index (χ1n) is 3.29. The normalized spacial score (nSPS) is 20.5. The average Bonchev–Trinajstić information content (AvgIpc) is 2.33. The first-order chi connectivity index (χ1) is 5.13. The van der Waals surface area contributed by atoms with Crippen molar-refractivity contribution in [2.75, 3.05) is 12.3 Å². The van der Waals surface area contributed by atoms with Gasteiger partial charge in [0, 0.05) is 12.3 Å². The van der Waals surface area contributed by atoms with Gasteiger partial charge in [-0.05, 0) is 6.92 Å². The molecule has 5 heteroatoms. The number of hydrogen-bond acceptors (Lipinski definition) is 3. The van der Waals surface area contributed by atoms with E-state index >= 15 is 0 Å². The lowest BCUT2D eigenvalue weighted by atomic mass is 10.3. The van der Waals surface area contributed by atoms with Gasteiger partial charge in [0.25, 0.3) is 0 Å². The van der Waals surface area contributed by atoms with E-state index < -0.39 is 12.0 Å². The number of thioether (sulfide) groups is 1. The van der Waals surface area contributed by atoms with E-state index in [2.05, 4.69) is 0 Å². The number of rotatable bonds is 2. The van der Waals surface area contributed by atoms with Gasteiger partial charge >= 0.3 is 5.97 Å². The summed E-state index contributed by atoms with van der Waals surface area (Å²) in [5.74, 6) is 0.103. The number of thiocarbonyl (C=S) groups is 1. The van der Waals surface area contributed by atoms with Crippen molar-refractivity contribution in [1.82, 2.24) is 4.90 Å². The van der Waals surface area contributed by atoms with Crippen LogP contribution in [0.5, 0.6) is 0 Å². The van der Waals surface area contributed by atoms with Crippen LogP contribution in [-0.2, 0) is 4.79 Å². The Balaban J connectivity index is 2.59. The molecule has 0 spiro atoms. The topological polar surface area (TPSA) is 40.5 Å². The fourth-order valence-corrected chi connectivity index (χ4v) is 2.27. The average molecular weight is 191 g/mol. The number of aliphatic carboxylic acids is 1. The highest BCUT2D eigenvalue weighted by Gasteiger charge is 2.26. The van der Waals surface area contributed by atoms with Crippen molar-refractivity contribution in [2.24, 2.45) is 0 Å². The maximum absolute atomic E-state index is 10.5. The van der Waals surface area contributed by atoms with E-state index in [1.165, 1.54) is 0 Å². The van der Waals surface area contributed by atoms with Crippen LogP contribution in [0.25, 0.3) is 0 Å². The summed E-state index contributed by atoms with van der Waals surface area (Å²) < 4.78 is 0.708. The van der Waals surface area contributed by atoms with Gasteiger partial charge in [-0.1, -0.05) is 24.0 Å². The molecular weight excluding hydrogens is 182 g/mol. The smallest absolute Gasteiger partial charge is 0.326 e. The molecule has 3 nitrogen and oxygen atoms in total. The summed E-state index contributed by atoms with van der Waals surface area (Å²) in [6, 6.07) is -0.475. The van der Waals surface area contributed by atoms with Gasteiger partial charge in [0.15, 0.2) is 0 Å². The van der Waals surface area contributed by atoms with Crippen LogP contribution in [0.1, 0.15) is 6.92 Å². The van der Waals surface area contributed by atoms with E-state index in [1.807, 2.05) is 0 Å². The Morgan fingerprint density at radius 1 is 1.91 bits per heavy atom. The molecule has 0 bridgehead atoms. The molecule has 1 aliphatic heterocycles. The van der Waals surface area contributed by atoms with Crippen molar-refractivity contribution in [2.45, 2.75) is 13.0 Å². The van der Waals surface area contributed by atoms with Crippen molar-refractivity contribution in [3.05, 3.63) is 0 Å². The van der Waals surface area contributed by atoms with Gasteiger partial charge in [-0.3, -0.25) is 0 Å². The van der Waals surface area contributed by atoms with Gasteiger partial charge in [0.2, 0.25) is 0 Å². The second-order valence-electron chi connectivity index (χ2n) is 2.32. The van der Waals surface area contributed by atoms with E-state index in [4.69, 9.17) is 17.3 Å². The minimum absolute atomic E-state index is 0.475. The van der Waals surface area contributed by atoms with E-state index in [0.717, 1.165) is 12.3 Å². The molecule has 0 aromatic heterocycles. The minimum atomic E-state index is -0.810. The molecule has 11 heavy (non-hydrogen) atoms. The summed E-state index contributed by atoms with van der Waals surface area (Å²) in [4.78, 5) is 12.3. The Morgan fingerprint density at radius 3 is 2.91 bits per heavy atom. The lowest BCUT2D eigenvalue weighted by Gasteiger charge is -2.20. The molecule has 1 saturated heterocycles. The molecule has 0 radical (unpaired) electrons. The first kappa shape index (κ1) is 8.80. The summed E-state index contributed by atoms with van der Waals surface area (Å²) in [6.45, 7) is 2.41. The number of carbonyl (C=O) groups is 1. The van der Waals surface area contributed by atoms with Gasteiger partial charge in [-0.15, -0.1) is 0 Å². The number of nitrogens with zero attached hydrogens (tertiary/aromatic N) is 1. The van der Waals surface area contributed by atoms with Crippen LogP contribution >= 0.6 is 24.0 Å². The molecular formula is C6H9NO2S2. The molecule has 1 rings (SSSR count). The largest absolute Gasteiger partial charge is 0.480 e. The van der Waals surface area contributed by atoms with Crippen LogP contribution in [0.2, 0.25) is 0 Å². The van der Waals surface area contributed by atoms with Crippen LogP contribution < -0.4 is 0 Å². The number of carboxylic acid groups (broad SMARTS) is 1. The van der Waals surface area contributed by atoms with Gasteiger partial charge in [-0.2, -0.15) is 0 Å². The fraction of sp³-hybridized carbons (Fsp3) is 0.667. The van der Waals surface area contributed by atoms with Crippen LogP contribution in [0.15, 0.2) is 0 Å². The van der Waals surface area contributed by atoms with Crippen molar-refractivity contribution in [1.29, 1.82) is 0 Å². The maximum Gasteiger partial charge on any atom is 0.326 e.